The number of hydrogen-bond donors (Lipinski definition) is 0. The lowest BCUT2D eigenvalue weighted by Crippen LogP contribution is -2.10. The molecule has 5 heteroatoms. The second-order valence-electron chi connectivity index (χ2n) is 4.41. The van der Waals surface area contributed by atoms with Gasteiger partial charge in [0.1, 0.15) is 0 Å². The van der Waals surface area contributed by atoms with E-state index < -0.39 is 9.84 Å². The van der Waals surface area contributed by atoms with E-state index in [4.69, 9.17) is 11.6 Å². The van der Waals surface area contributed by atoms with Crippen LogP contribution in [0.25, 0.3) is 0 Å². The van der Waals surface area contributed by atoms with Crippen LogP contribution in [-0.2, 0) is 9.84 Å². The lowest BCUT2D eigenvalue weighted by Gasteiger charge is -2.06. The molecule has 0 saturated carbocycles. The average molecular weight is 273 g/mol. The maximum absolute atomic E-state index is 11.9. The fourth-order valence-corrected chi connectivity index (χ4v) is 4.13. The van der Waals surface area contributed by atoms with E-state index in [1.807, 2.05) is 0 Å². The molecule has 0 radical (unpaired) electrons. The molecule has 17 heavy (non-hydrogen) atoms. The van der Waals surface area contributed by atoms with Crippen molar-refractivity contribution in [2.45, 2.75) is 12.8 Å². The molecule has 0 amide bonds. The smallest absolute Gasteiger partial charge is 0.163 e. The third-order valence-corrected chi connectivity index (χ3v) is 5.02. The third kappa shape index (κ3) is 3.30. The van der Waals surface area contributed by atoms with Gasteiger partial charge in [-0.25, -0.2) is 8.42 Å². The first kappa shape index (κ1) is 12.6. The molecule has 2 rings (SSSR count). The molecule has 1 unspecified atom stereocenters. The molecule has 1 aliphatic heterocycles. The summed E-state index contributed by atoms with van der Waals surface area (Å²) < 4.78 is 22.6. The van der Waals surface area contributed by atoms with E-state index in [0.29, 0.717) is 23.4 Å². The maximum Gasteiger partial charge on any atom is 0.163 e. The topological polar surface area (TPSA) is 51.2 Å². The molecule has 0 spiro atoms. The molecule has 1 aromatic rings. The van der Waals surface area contributed by atoms with Crippen LogP contribution in [0.3, 0.4) is 0 Å². The van der Waals surface area contributed by atoms with Gasteiger partial charge in [-0.05, 0) is 24.5 Å². The van der Waals surface area contributed by atoms with E-state index in [1.54, 1.807) is 24.3 Å². The third-order valence-electron chi connectivity index (χ3n) is 2.95. The Bertz CT molecular complexity index is 536. The normalized spacial score (nSPS) is 22.5. The van der Waals surface area contributed by atoms with Crippen LogP contribution in [-0.4, -0.2) is 25.7 Å². The minimum absolute atomic E-state index is 0.0328. The Labute approximate surface area is 106 Å². The number of carbonyl (C=O) groups is 1. The lowest BCUT2D eigenvalue weighted by molar-refractivity contribution is 0.0965. The highest BCUT2D eigenvalue weighted by molar-refractivity contribution is 7.91. The number of halogens is 1. The van der Waals surface area contributed by atoms with Crippen molar-refractivity contribution in [1.29, 1.82) is 0 Å². The van der Waals surface area contributed by atoms with Crippen LogP contribution in [0.2, 0.25) is 5.02 Å². The molecule has 1 aromatic carbocycles. The molecule has 1 saturated heterocycles. The van der Waals surface area contributed by atoms with Gasteiger partial charge in [0.2, 0.25) is 0 Å². The highest BCUT2D eigenvalue weighted by atomic mass is 35.5. The van der Waals surface area contributed by atoms with Crippen molar-refractivity contribution >= 4 is 27.2 Å². The molecule has 1 fully saturated rings. The largest absolute Gasteiger partial charge is 0.294 e. The average Bonchev–Trinajstić information content (AvgIpc) is 2.58. The van der Waals surface area contributed by atoms with E-state index >= 15 is 0 Å². The molecule has 1 heterocycles. The summed E-state index contributed by atoms with van der Waals surface area (Å²) in [6, 6.07) is 6.75. The Kier molecular flexibility index (Phi) is 3.54. The van der Waals surface area contributed by atoms with Crippen LogP contribution in [0.4, 0.5) is 0 Å². The molecule has 1 aliphatic rings. The summed E-state index contributed by atoms with van der Waals surface area (Å²) in [7, 11) is -2.91. The first-order chi connectivity index (χ1) is 7.96. The fourth-order valence-electron chi connectivity index (χ4n) is 2.07. The number of sulfone groups is 1. The fraction of sp³-hybridized carbons (Fsp3) is 0.417. The van der Waals surface area contributed by atoms with Crippen molar-refractivity contribution in [3.8, 4) is 0 Å². The number of hydrogen-bond acceptors (Lipinski definition) is 3. The van der Waals surface area contributed by atoms with E-state index in [0.717, 1.165) is 0 Å². The molecule has 0 N–H and O–H groups in total. The van der Waals surface area contributed by atoms with Crippen molar-refractivity contribution in [2.24, 2.45) is 5.92 Å². The van der Waals surface area contributed by atoms with Crippen LogP contribution in [0, 0.1) is 5.92 Å². The summed E-state index contributed by atoms with van der Waals surface area (Å²) in [6.07, 6.45) is 0.883. The Morgan fingerprint density at radius 3 is 2.76 bits per heavy atom. The first-order valence-corrected chi connectivity index (χ1v) is 7.65. The molecule has 0 aliphatic carbocycles. The number of rotatable bonds is 3. The molecular formula is C12H13ClO3S. The van der Waals surface area contributed by atoms with Gasteiger partial charge in [-0.3, -0.25) is 4.79 Å². The SMILES string of the molecule is O=C(CC1CCS(=O)(=O)C1)c1cccc(Cl)c1. The van der Waals surface area contributed by atoms with Crippen LogP contribution >= 0.6 is 11.6 Å². The van der Waals surface area contributed by atoms with Crippen molar-refractivity contribution < 1.29 is 13.2 Å². The van der Waals surface area contributed by atoms with Gasteiger partial charge in [-0.2, -0.15) is 0 Å². The van der Waals surface area contributed by atoms with Gasteiger partial charge < -0.3 is 0 Å². The predicted octanol–water partition coefficient (Wildman–Crippen LogP) is 2.35. The van der Waals surface area contributed by atoms with Crippen LogP contribution in [0.15, 0.2) is 24.3 Å². The number of carbonyl (C=O) groups excluding carboxylic acids is 1. The zero-order chi connectivity index (χ0) is 12.5. The molecule has 0 aromatic heterocycles. The van der Waals surface area contributed by atoms with E-state index in [9.17, 15) is 13.2 Å². The van der Waals surface area contributed by atoms with Crippen molar-refractivity contribution in [3.63, 3.8) is 0 Å². The molecule has 92 valence electrons. The number of Topliss-reactive ketones (excluding diaryl/α,β-unsaturated/α-hetero) is 1. The summed E-state index contributed by atoms with van der Waals surface area (Å²) in [6.45, 7) is 0. The predicted molar refractivity (Wildman–Crippen MR) is 67.2 cm³/mol. The van der Waals surface area contributed by atoms with Crippen LogP contribution in [0.1, 0.15) is 23.2 Å². The first-order valence-electron chi connectivity index (χ1n) is 5.45. The second-order valence-corrected chi connectivity index (χ2v) is 7.07. The Balaban J connectivity index is 2.03. The Morgan fingerprint density at radius 1 is 1.41 bits per heavy atom. The Morgan fingerprint density at radius 2 is 2.18 bits per heavy atom. The van der Waals surface area contributed by atoms with Crippen molar-refractivity contribution in [2.75, 3.05) is 11.5 Å². The van der Waals surface area contributed by atoms with Crippen molar-refractivity contribution in [1.82, 2.24) is 0 Å². The van der Waals surface area contributed by atoms with Crippen molar-refractivity contribution in [3.05, 3.63) is 34.9 Å². The standard InChI is InChI=1S/C12H13ClO3S/c13-11-3-1-2-10(7-11)12(14)6-9-4-5-17(15,16)8-9/h1-3,7,9H,4-6,8H2. The van der Waals surface area contributed by atoms with Crippen LogP contribution in [0.5, 0.6) is 0 Å². The summed E-state index contributed by atoms with van der Waals surface area (Å²) in [5.74, 6) is 0.279. The Hall–Kier alpha value is -0.870. The van der Waals surface area contributed by atoms with Gasteiger partial charge in [-0.1, -0.05) is 23.7 Å². The molecule has 3 nitrogen and oxygen atoms in total. The van der Waals surface area contributed by atoms with Crippen LogP contribution < -0.4 is 0 Å². The van der Waals surface area contributed by atoms with Gasteiger partial charge in [0.05, 0.1) is 11.5 Å². The number of ketones is 1. The molecule has 0 bridgehead atoms. The quantitative estimate of drug-likeness (QED) is 0.794. The molecular weight excluding hydrogens is 260 g/mol. The van der Waals surface area contributed by atoms with E-state index in [2.05, 4.69) is 0 Å². The van der Waals surface area contributed by atoms with Gasteiger partial charge >= 0.3 is 0 Å². The maximum atomic E-state index is 11.9. The summed E-state index contributed by atoms with van der Waals surface area (Å²) in [4.78, 5) is 11.9. The highest BCUT2D eigenvalue weighted by Crippen LogP contribution is 2.24. The van der Waals surface area contributed by atoms with E-state index in [1.165, 1.54) is 0 Å². The zero-order valence-electron chi connectivity index (χ0n) is 9.23. The van der Waals surface area contributed by atoms with Gasteiger partial charge in [-0.15, -0.1) is 0 Å². The van der Waals surface area contributed by atoms with Gasteiger partial charge in [0, 0.05) is 17.0 Å². The zero-order valence-corrected chi connectivity index (χ0v) is 10.8. The summed E-state index contributed by atoms with van der Waals surface area (Å²) in [5, 5.41) is 0.523. The van der Waals surface area contributed by atoms with Gasteiger partial charge in [0.15, 0.2) is 15.6 Å². The molecule has 1 atom stereocenters. The van der Waals surface area contributed by atoms with Gasteiger partial charge in [0.25, 0.3) is 0 Å². The minimum atomic E-state index is -2.91. The number of benzene rings is 1. The van der Waals surface area contributed by atoms with E-state index in [-0.39, 0.29) is 23.2 Å². The summed E-state index contributed by atoms with van der Waals surface area (Å²) in [5.41, 5.74) is 0.557. The highest BCUT2D eigenvalue weighted by Gasteiger charge is 2.29. The lowest BCUT2D eigenvalue weighted by atomic mass is 9.98. The second kappa shape index (κ2) is 4.78. The minimum Gasteiger partial charge on any atom is -0.294 e. The monoisotopic (exact) mass is 272 g/mol. The summed E-state index contributed by atoms with van der Waals surface area (Å²) >= 11 is 5.80.